The molecule has 26 heavy (non-hydrogen) atoms. The number of nitrogens with zero attached hydrogens (tertiary/aromatic N) is 1. The number of hydrogen-bond acceptors (Lipinski definition) is 3. The van der Waals surface area contributed by atoms with Crippen molar-refractivity contribution in [1.29, 1.82) is 0 Å². The molecule has 0 saturated heterocycles. The third-order valence-electron chi connectivity index (χ3n) is 5.20. The van der Waals surface area contributed by atoms with Crippen LogP contribution in [0.4, 0.5) is 19.3 Å². The maximum Gasteiger partial charge on any atom is 0.319 e. The Morgan fingerprint density at radius 2 is 2.12 bits per heavy atom. The first-order valence-electron chi connectivity index (χ1n) is 8.89. The summed E-state index contributed by atoms with van der Waals surface area (Å²) >= 11 is 0. The fraction of sp³-hybridized carbons (Fsp3) is 0.556. The second kappa shape index (κ2) is 7.57. The number of hydrogen-bond donors (Lipinski definition) is 4. The summed E-state index contributed by atoms with van der Waals surface area (Å²) in [6.45, 7) is 1.72. The van der Waals surface area contributed by atoms with E-state index < -0.39 is 23.8 Å². The van der Waals surface area contributed by atoms with Crippen LogP contribution in [0, 0.1) is 5.92 Å². The Bertz CT molecular complexity index is 774. The van der Waals surface area contributed by atoms with Crippen molar-refractivity contribution >= 4 is 22.8 Å². The number of rotatable bonds is 5. The molecular weight excluding hydrogens is 342 g/mol. The number of nitrogens with one attached hydrogen (secondary N) is 3. The van der Waals surface area contributed by atoms with Gasteiger partial charge in [0.05, 0.1) is 23.2 Å². The van der Waals surface area contributed by atoms with Crippen LogP contribution in [0.15, 0.2) is 18.2 Å². The van der Waals surface area contributed by atoms with E-state index in [9.17, 15) is 18.7 Å². The Morgan fingerprint density at radius 1 is 1.38 bits per heavy atom. The van der Waals surface area contributed by atoms with Gasteiger partial charge in [0.25, 0.3) is 6.43 Å². The van der Waals surface area contributed by atoms with Gasteiger partial charge >= 0.3 is 6.03 Å². The number of H-pyrrole nitrogens is 1. The van der Waals surface area contributed by atoms with Gasteiger partial charge in [-0.05, 0) is 43.9 Å². The molecule has 1 unspecified atom stereocenters. The number of fused-ring (bicyclic) bond motifs is 1. The van der Waals surface area contributed by atoms with Crippen LogP contribution in [0.25, 0.3) is 11.0 Å². The van der Waals surface area contributed by atoms with Gasteiger partial charge in [0.1, 0.15) is 0 Å². The van der Waals surface area contributed by atoms with E-state index in [1.54, 1.807) is 18.2 Å². The Morgan fingerprint density at radius 3 is 2.77 bits per heavy atom. The fourth-order valence-corrected chi connectivity index (χ4v) is 3.64. The minimum Gasteiger partial charge on any atom is -0.394 e. The molecule has 2 amide bonds. The lowest BCUT2D eigenvalue weighted by Gasteiger charge is -2.39. The molecule has 3 rings (SSSR count). The number of aliphatic hydroxyl groups is 1. The average molecular weight is 366 g/mol. The van der Waals surface area contributed by atoms with E-state index >= 15 is 0 Å². The molecule has 142 valence electrons. The predicted molar refractivity (Wildman–Crippen MR) is 95.3 cm³/mol. The number of amides is 2. The summed E-state index contributed by atoms with van der Waals surface area (Å²) in [7, 11) is 0. The van der Waals surface area contributed by atoms with Gasteiger partial charge in [0.15, 0.2) is 5.82 Å². The number of halogens is 2. The first-order chi connectivity index (χ1) is 12.4. The summed E-state index contributed by atoms with van der Waals surface area (Å²) in [4.78, 5) is 18.7. The van der Waals surface area contributed by atoms with Gasteiger partial charge in [0.2, 0.25) is 0 Å². The number of benzene rings is 1. The molecule has 4 N–H and O–H groups in total. The van der Waals surface area contributed by atoms with Gasteiger partial charge in [-0.3, -0.25) is 0 Å². The molecule has 0 radical (unpaired) electrons. The molecule has 1 saturated carbocycles. The lowest BCUT2D eigenvalue weighted by molar-refractivity contribution is 0.103. The van der Waals surface area contributed by atoms with E-state index in [-0.39, 0.29) is 12.5 Å². The fourth-order valence-electron chi connectivity index (χ4n) is 3.64. The topological polar surface area (TPSA) is 90.0 Å². The van der Waals surface area contributed by atoms with E-state index in [0.717, 1.165) is 25.7 Å². The number of anilines is 1. The minimum absolute atomic E-state index is 0.136. The average Bonchev–Trinajstić information content (AvgIpc) is 3.06. The van der Waals surface area contributed by atoms with Crippen LogP contribution in [0.1, 0.15) is 51.3 Å². The van der Waals surface area contributed by atoms with Crippen molar-refractivity contribution in [3.8, 4) is 0 Å². The first-order valence-corrected chi connectivity index (χ1v) is 8.89. The van der Waals surface area contributed by atoms with E-state index in [2.05, 4.69) is 20.6 Å². The Kier molecular flexibility index (Phi) is 5.41. The van der Waals surface area contributed by atoms with E-state index in [4.69, 9.17) is 0 Å². The number of urea groups is 1. The highest BCUT2D eigenvalue weighted by Gasteiger charge is 2.35. The van der Waals surface area contributed by atoms with Gasteiger partial charge in [-0.25, -0.2) is 18.6 Å². The van der Waals surface area contributed by atoms with Crippen LogP contribution >= 0.6 is 0 Å². The third-order valence-corrected chi connectivity index (χ3v) is 5.20. The van der Waals surface area contributed by atoms with Gasteiger partial charge in [0, 0.05) is 5.69 Å². The summed E-state index contributed by atoms with van der Waals surface area (Å²) in [5, 5.41) is 15.4. The van der Waals surface area contributed by atoms with Crippen LogP contribution in [-0.4, -0.2) is 33.3 Å². The largest absolute Gasteiger partial charge is 0.394 e. The molecule has 1 aromatic heterocycles. The molecule has 1 heterocycles. The predicted octanol–water partition coefficient (Wildman–Crippen LogP) is 3.95. The van der Waals surface area contributed by atoms with E-state index in [1.807, 2.05) is 6.92 Å². The number of alkyl halides is 2. The summed E-state index contributed by atoms with van der Waals surface area (Å²) in [5.74, 6) is -0.164. The molecule has 2 aromatic rings. The van der Waals surface area contributed by atoms with Gasteiger partial charge < -0.3 is 20.7 Å². The van der Waals surface area contributed by atoms with Crippen molar-refractivity contribution in [2.24, 2.45) is 5.92 Å². The zero-order valence-corrected chi connectivity index (χ0v) is 14.7. The normalized spacial score (nSPS) is 18.0. The lowest BCUT2D eigenvalue weighted by Crippen LogP contribution is -2.55. The van der Waals surface area contributed by atoms with Crippen LogP contribution in [0.2, 0.25) is 0 Å². The van der Waals surface area contributed by atoms with Crippen LogP contribution in [-0.2, 0) is 0 Å². The molecule has 8 heteroatoms. The lowest BCUT2D eigenvalue weighted by atomic mass is 9.76. The maximum atomic E-state index is 12.7. The highest BCUT2D eigenvalue weighted by atomic mass is 19.3. The second-order valence-corrected chi connectivity index (χ2v) is 7.14. The Labute approximate surface area is 150 Å². The molecule has 1 atom stereocenters. The standard InChI is InChI=1S/C18H24F2N4O2/c1-18(10-25,11-5-3-2-4-6-11)24-17(26)21-12-7-8-13-14(9-12)23-16(22-13)15(19)20/h7-9,11,15,25H,2-6,10H2,1H3,(H,22,23)(H2,21,24,26). The van der Waals surface area contributed by atoms with Crippen molar-refractivity contribution in [3.05, 3.63) is 24.0 Å². The molecule has 6 nitrogen and oxygen atoms in total. The molecule has 0 spiro atoms. The third kappa shape index (κ3) is 3.95. The summed E-state index contributed by atoms with van der Waals surface area (Å²) in [6.07, 6.45) is 2.68. The number of aromatic nitrogens is 2. The SMILES string of the molecule is CC(CO)(NC(=O)Nc1ccc2nc(C(F)F)[nH]c2c1)C1CCCCC1. The zero-order valence-electron chi connectivity index (χ0n) is 14.7. The van der Waals surface area contributed by atoms with Gasteiger partial charge in [-0.15, -0.1) is 0 Å². The van der Waals surface area contributed by atoms with Crippen LogP contribution in [0.3, 0.4) is 0 Å². The molecular formula is C18H24F2N4O2. The van der Waals surface area contributed by atoms with Crippen LogP contribution < -0.4 is 10.6 Å². The highest BCUT2D eigenvalue weighted by Crippen LogP contribution is 2.32. The maximum absolute atomic E-state index is 12.7. The van der Waals surface area contributed by atoms with Crippen molar-refractivity contribution in [2.45, 2.75) is 51.0 Å². The van der Waals surface area contributed by atoms with E-state index in [0.29, 0.717) is 16.7 Å². The van der Waals surface area contributed by atoms with E-state index in [1.165, 1.54) is 6.42 Å². The van der Waals surface area contributed by atoms with Crippen molar-refractivity contribution in [1.82, 2.24) is 15.3 Å². The monoisotopic (exact) mass is 366 g/mol. The minimum atomic E-state index is -2.68. The summed E-state index contributed by atoms with van der Waals surface area (Å²) < 4.78 is 25.4. The van der Waals surface area contributed by atoms with Gasteiger partial charge in [-0.1, -0.05) is 19.3 Å². The number of imidazole rings is 1. The Hall–Kier alpha value is -2.22. The van der Waals surface area contributed by atoms with Gasteiger partial charge in [-0.2, -0.15) is 0 Å². The van der Waals surface area contributed by atoms with Crippen molar-refractivity contribution in [2.75, 3.05) is 11.9 Å². The van der Waals surface area contributed by atoms with Crippen LogP contribution in [0.5, 0.6) is 0 Å². The molecule has 1 aliphatic rings. The molecule has 0 bridgehead atoms. The van der Waals surface area contributed by atoms with Crippen molar-refractivity contribution < 1.29 is 18.7 Å². The Balaban J connectivity index is 1.69. The number of carbonyl (C=O) groups excluding carboxylic acids is 1. The zero-order chi connectivity index (χ0) is 18.7. The second-order valence-electron chi connectivity index (χ2n) is 7.14. The quantitative estimate of drug-likeness (QED) is 0.646. The molecule has 1 aromatic carbocycles. The smallest absolute Gasteiger partial charge is 0.319 e. The number of aromatic amines is 1. The summed E-state index contributed by atoms with van der Waals surface area (Å²) in [6, 6.07) is 4.30. The molecule has 1 aliphatic carbocycles. The highest BCUT2D eigenvalue weighted by molar-refractivity contribution is 5.92. The first kappa shape index (κ1) is 18.6. The molecule has 1 fully saturated rings. The number of carbonyl (C=O) groups is 1. The molecule has 0 aliphatic heterocycles. The number of aliphatic hydroxyl groups excluding tert-OH is 1. The summed E-state index contributed by atoms with van der Waals surface area (Å²) in [5.41, 5.74) is 0.609. The van der Waals surface area contributed by atoms with Crippen molar-refractivity contribution in [3.63, 3.8) is 0 Å².